The summed E-state index contributed by atoms with van der Waals surface area (Å²) in [6.45, 7) is 3.92. The maximum absolute atomic E-state index is 12.3. The highest BCUT2D eigenvalue weighted by Gasteiger charge is 2.10. The third-order valence-corrected chi connectivity index (χ3v) is 3.65. The third kappa shape index (κ3) is 3.91. The average Bonchev–Trinajstić information content (AvgIpc) is 3.04. The summed E-state index contributed by atoms with van der Waals surface area (Å²) >= 11 is 0. The van der Waals surface area contributed by atoms with Gasteiger partial charge in [0.25, 0.3) is 0 Å². The van der Waals surface area contributed by atoms with Crippen molar-refractivity contribution < 1.29 is 18.7 Å². The van der Waals surface area contributed by atoms with E-state index in [4.69, 9.17) is 13.9 Å². The molecule has 0 aliphatic rings. The molecule has 4 heteroatoms. The molecule has 0 aliphatic heterocycles. The van der Waals surface area contributed by atoms with Crippen LogP contribution in [-0.2, 0) is 0 Å². The first-order valence-corrected chi connectivity index (χ1v) is 8.12. The van der Waals surface area contributed by atoms with Gasteiger partial charge in [0.05, 0.1) is 13.2 Å². The molecule has 0 N–H and O–H groups in total. The highest BCUT2D eigenvalue weighted by atomic mass is 16.5. The molecule has 3 aromatic rings. The van der Waals surface area contributed by atoms with Crippen molar-refractivity contribution in [3.05, 3.63) is 65.9 Å². The van der Waals surface area contributed by atoms with Crippen molar-refractivity contribution in [2.45, 2.75) is 20.0 Å². The molecule has 4 nitrogen and oxygen atoms in total. The van der Waals surface area contributed by atoms with Crippen LogP contribution in [-0.4, -0.2) is 19.0 Å². The number of carbonyl (C=O) groups excluding carboxylic acids is 1. The van der Waals surface area contributed by atoms with Gasteiger partial charge >= 0.3 is 0 Å². The normalized spacial score (nSPS) is 11.4. The van der Waals surface area contributed by atoms with Gasteiger partial charge in [0.1, 0.15) is 5.58 Å². The van der Waals surface area contributed by atoms with E-state index in [-0.39, 0.29) is 11.9 Å². The van der Waals surface area contributed by atoms with E-state index in [1.54, 1.807) is 19.3 Å². The highest BCUT2D eigenvalue weighted by molar-refractivity contribution is 6.06. The number of hydrogen-bond acceptors (Lipinski definition) is 4. The summed E-state index contributed by atoms with van der Waals surface area (Å²) < 4.78 is 16.6. The second kappa shape index (κ2) is 7.26. The molecule has 2 aromatic carbocycles. The Hall–Kier alpha value is -3.01. The van der Waals surface area contributed by atoms with Crippen LogP contribution in [0.3, 0.4) is 0 Å². The number of ether oxygens (including phenoxy) is 2. The van der Waals surface area contributed by atoms with Crippen LogP contribution >= 0.6 is 0 Å². The van der Waals surface area contributed by atoms with E-state index >= 15 is 0 Å². The maximum atomic E-state index is 12.3. The molecule has 3 rings (SSSR count). The molecule has 0 saturated carbocycles. The van der Waals surface area contributed by atoms with Gasteiger partial charge in [0, 0.05) is 5.39 Å². The fraction of sp³-hybridized carbons (Fsp3) is 0.190. The molecule has 0 bridgehead atoms. The quantitative estimate of drug-likeness (QED) is 0.463. The minimum Gasteiger partial charge on any atom is -0.493 e. The van der Waals surface area contributed by atoms with Gasteiger partial charge < -0.3 is 13.9 Å². The summed E-state index contributed by atoms with van der Waals surface area (Å²) in [6, 6.07) is 14.8. The lowest BCUT2D eigenvalue weighted by Crippen LogP contribution is -2.06. The highest BCUT2D eigenvalue weighted by Crippen LogP contribution is 2.29. The summed E-state index contributed by atoms with van der Waals surface area (Å²) in [7, 11) is 1.59. The van der Waals surface area contributed by atoms with Crippen molar-refractivity contribution in [1.29, 1.82) is 0 Å². The molecule has 1 heterocycles. The minimum absolute atomic E-state index is 0.0601. The summed E-state index contributed by atoms with van der Waals surface area (Å²) in [6.07, 6.45) is 3.29. The van der Waals surface area contributed by atoms with Crippen molar-refractivity contribution in [3.8, 4) is 11.5 Å². The van der Waals surface area contributed by atoms with Crippen LogP contribution in [0.25, 0.3) is 17.0 Å². The lowest BCUT2D eigenvalue weighted by atomic mass is 10.1. The van der Waals surface area contributed by atoms with Gasteiger partial charge in [0.15, 0.2) is 17.3 Å². The number of furan rings is 1. The van der Waals surface area contributed by atoms with Crippen LogP contribution in [0.2, 0.25) is 0 Å². The van der Waals surface area contributed by atoms with Gasteiger partial charge in [-0.2, -0.15) is 0 Å². The molecule has 0 aliphatic carbocycles. The topological polar surface area (TPSA) is 48.7 Å². The van der Waals surface area contributed by atoms with Gasteiger partial charge in [-0.15, -0.1) is 0 Å². The number of rotatable bonds is 6. The molecule has 0 fully saturated rings. The van der Waals surface area contributed by atoms with Crippen LogP contribution in [0.4, 0.5) is 0 Å². The third-order valence-electron chi connectivity index (χ3n) is 3.65. The Morgan fingerprint density at radius 3 is 2.60 bits per heavy atom. The Morgan fingerprint density at radius 2 is 1.88 bits per heavy atom. The van der Waals surface area contributed by atoms with Gasteiger partial charge in [0.2, 0.25) is 5.78 Å². The van der Waals surface area contributed by atoms with E-state index in [9.17, 15) is 4.79 Å². The SMILES string of the molecule is COc1cc(/C=C/C(=O)c2cc3ccccc3o2)ccc1OC(C)C. The fourth-order valence-corrected chi connectivity index (χ4v) is 2.50. The van der Waals surface area contributed by atoms with E-state index in [2.05, 4.69) is 0 Å². The molecule has 0 radical (unpaired) electrons. The van der Waals surface area contributed by atoms with Crippen LogP contribution in [0.5, 0.6) is 11.5 Å². The number of methoxy groups -OCH3 is 1. The van der Waals surface area contributed by atoms with Crippen LogP contribution in [0.1, 0.15) is 30.0 Å². The van der Waals surface area contributed by atoms with Crippen molar-refractivity contribution in [2.24, 2.45) is 0 Å². The van der Waals surface area contributed by atoms with Crippen molar-refractivity contribution in [2.75, 3.05) is 7.11 Å². The Kier molecular flexibility index (Phi) is 4.89. The Balaban J connectivity index is 1.79. The van der Waals surface area contributed by atoms with Gasteiger partial charge in [-0.05, 0) is 49.8 Å². The van der Waals surface area contributed by atoms with E-state index < -0.39 is 0 Å². The van der Waals surface area contributed by atoms with Crippen LogP contribution in [0, 0.1) is 0 Å². The second-order valence-electron chi connectivity index (χ2n) is 5.92. The first-order valence-electron chi connectivity index (χ1n) is 8.12. The fourth-order valence-electron chi connectivity index (χ4n) is 2.50. The van der Waals surface area contributed by atoms with E-state index in [0.29, 0.717) is 22.8 Å². The van der Waals surface area contributed by atoms with E-state index in [1.165, 1.54) is 6.08 Å². The molecule has 25 heavy (non-hydrogen) atoms. The predicted molar refractivity (Wildman–Crippen MR) is 98.3 cm³/mol. The largest absolute Gasteiger partial charge is 0.493 e. The molecule has 0 unspecified atom stereocenters. The maximum Gasteiger partial charge on any atom is 0.221 e. The van der Waals surface area contributed by atoms with Gasteiger partial charge in [-0.25, -0.2) is 0 Å². The molecule has 128 valence electrons. The number of carbonyl (C=O) groups is 1. The molecule has 0 amide bonds. The lowest BCUT2D eigenvalue weighted by Gasteiger charge is -2.13. The Labute approximate surface area is 146 Å². The Bertz CT molecular complexity index is 886. The Morgan fingerprint density at radius 1 is 1.08 bits per heavy atom. The monoisotopic (exact) mass is 336 g/mol. The molecular formula is C21H20O4. The molecule has 0 atom stereocenters. The van der Waals surface area contributed by atoms with Crippen molar-refractivity contribution in [3.63, 3.8) is 0 Å². The number of allylic oxidation sites excluding steroid dienone is 1. The smallest absolute Gasteiger partial charge is 0.221 e. The number of ketones is 1. The standard InChI is InChI=1S/C21H20O4/c1-14(2)24-19-11-9-15(12-21(19)23-3)8-10-17(22)20-13-16-6-4-5-7-18(16)25-20/h4-14H,1-3H3/b10-8+. The molecular weight excluding hydrogens is 316 g/mol. The van der Waals surface area contributed by atoms with E-state index in [0.717, 1.165) is 10.9 Å². The number of para-hydroxylation sites is 1. The summed E-state index contributed by atoms with van der Waals surface area (Å²) in [5.41, 5.74) is 1.55. The van der Waals surface area contributed by atoms with Gasteiger partial charge in [-0.3, -0.25) is 4.79 Å². The number of hydrogen-bond donors (Lipinski definition) is 0. The predicted octanol–water partition coefficient (Wildman–Crippen LogP) is 5.12. The van der Waals surface area contributed by atoms with E-state index in [1.807, 2.05) is 56.3 Å². The molecule has 1 aromatic heterocycles. The van der Waals surface area contributed by atoms with Crippen LogP contribution in [0.15, 0.2) is 59.0 Å². The van der Waals surface area contributed by atoms with Gasteiger partial charge in [-0.1, -0.05) is 30.3 Å². The zero-order valence-electron chi connectivity index (χ0n) is 14.5. The molecule has 0 saturated heterocycles. The second-order valence-corrected chi connectivity index (χ2v) is 5.92. The molecule has 0 spiro atoms. The number of fused-ring (bicyclic) bond motifs is 1. The zero-order valence-corrected chi connectivity index (χ0v) is 14.5. The summed E-state index contributed by atoms with van der Waals surface area (Å²) in [4.78, 5) is 12.3. The van der Waals surface area contributed by atoms with Crippen LogP contribution < -0.4 is 9.47 Å². The first-order chi connectivity index (χ1) is 12.1. The van der Waals surface area contributed by atoms with Crippen molar-refractivity contribution in [1.82, 2.24) is 0 Å². The van der Waals surface area contributed by atoms with Crippen molar-refractivity contribution >= 4 is 22.8 Å². The summed E-state index contributed by atoms with van der Waals surface area (Å²) in [5.74, 6) is 1.45. The average molecular weight is 336 g/mol. The first kappa shape index (κ1) is 16.8. The lowest BCUT2D eigenvalue weighted by molar-refractivity contribution is 0.102. The minimum atomic E-state index is -0.183. The zero-order chi connectivity index (χ0) is 17.8. The number of benzene rings is 2. The summed E-state index contributed by atoms with van der Waals surface area (Å²) in [5, 5.41) is 0.913.